The van der Waals surface area contributed by atoms with Crippen LogP contribution in [-0.4, -0.2) is 69.0 Å². The van der Waals surface area contributed by atoms with Crippen LogP contribution in [-0.2, 0) is 16.0 Å². The Bertz CT molecular complexity index is 1190. The number of urea groups is 1. The Morgan fingerprint density at radius 3 is 2.75 bits per heavy atom. The molecule has 1 saturated heterocycles. The third-order valence-corrected chi connectivity index (χ3v) is 7.45. The number of nitrogens with one attached hydrogen (secondary N) is 1. The third-order valence-electron chi connectivity index (χ3n) is 7.14. The number of allylic oxidation sites excluding steroid dienone is 1. The van der Waals surface area contributed by atoms with Crippen molar-refractivity contribution >= 4 is 34.8 Å². The normalized spacial score (nSPS) is 22.2. The molecule has 2 aromatic rings. The van der Waals surface area contributed by atoms with Crippen LogP contribution in [0.3, 0.4) is 0 Å². The van der Waals surface area contributed by atoms with Crippen molar-refractivity contribution in [3.63, 3.8) is 0 Å². The molecular weight excluding hydrogens is 478 g/mol. The number of rotatable bonds is 7. The van der Waals surface area contributed by atoms with Crippen LogP contribution in [0.2, 0.25) is 5.02 Å². The zero-order valence-electron chi connectivity index (χ0n) is 21.1. The van der Waals surface area contributed by atoms with Gasteiger partial charge in [-0.1, -0.05) is 29.8 Å². The number of nitrogens with zero attached hydrogens (tertiary/aromatic N) is 4. The number of hydrogen-bond donors (Lipinski definition) is 1. The molecule has 8 nitrogen and oxygen atoms in total. The molecule has 9 heteroatoms. The zero-order valence-corrected chi connectivity index (χ0v) is 21.8. The molecule has 0 radical (unpaired) electrons. The van der Waals surface area contributed by atoms with Crippen LogP contribution >= 0.6 is 11.6 Å². The van der Waals surface area contributed by atoms with Crippen LogP contribution in [0.1, 0.15) is 11.1 Å². The number of aryl methyl sites for hydroxylation is 1. The fraction of sp³-hybridized carbons (Fsp3) is 0.407. The Morgan fingerprint density at radius 2 is 2.06 bits per heavy atom. The van der Waals surface area contributed by atoms with E-state index >= 15 is 0 Å². The summed E-state index contributed by atoms with van der Waals surface area (Å²) in [5.74, 6) is 1.65. The van der Waals surface area contributed by atoms with Crippen LogP contribution in [0.4, 0.5) is 22.0 Å². The largest absolute Gasteiger partial charge is 0.497 e. The topological polar surface area (TPSA) is 70.2 Å². The summed E-state index contributed by atoms with van der Waals surface area (Å²) in [6.07, 6.45) is 7.80. The maximum Gasteiger partial charge on any atom is 0.329 e. The average Bonchev–Trinajstić information content (AvgIpc) is 2.86. The maximum atomic E-state index is 13.9. The number of anilines is 3. The lowest BCUT2D eigenvalue weighted by Crippen LogP contribution is -2.63. The molecule has 2 aliphatic heterocycles. The van der Waals surface area contributed by atoms with Gasteiger partial charge in [0.05, 0.1) is 42.2 Å². The Kier molecular flexibility index (Phi) is 6.92. The van der Waals surface area contributed by atoms with Crippen LogP contribution in [0.25, 0.3) is 0 Å². The van der Waals surface area contributed by atoms with Gasteiger partial charge in [0.2, 0.25) is 0 Å². The number of hydrogen-bond acceptors (Lipinski definition) is 6. The first-order valence-corrected chi connectivity index (χ1v) is 12.5. The summed E-state index contributed by atoms with van der Waals surface area (Å²) in [6, 6.07) is 7.75. The summed E-state index contributed by atoms with van der Waals surface area (Å²) in [6.45, 7) is 4.69. The van der Waals surface area contributed by atoms with Gasteiger partial charge in [-0.05, 0) is 37.8 Å². The molecule has 1 aromatic heterocycles. The number of carbonyl (C=O) groups excluding carboxylic acids is 1. The fourth-order valence-electron chi connectivity index (χ4n) is 5.16. The van der Waals surface area contributed by atoms with Crippen LogP contribution in [0, 0.1) is 12.8 Å². The second kappa shape index (κ2) is 10.1. The van der Waals surface area contributed by atoms with Gasteiger partial charge in [0.1, 0.15) is 11.6 Å². The summed E-state index contributed by atoms with van der Waals surface area (Å²) in [7, 11) is 5.41. The number of benzene rings is 1. The SMILES string of the molecule is COC1=CC(OC)C(CNc2cc3c(cn2)CN(c2c(C)cccc2Cl)C(=O)N3C2CN(C)C2)C=C1. The molecule has 2 unspecified atom stereocenters. The highest BCUT2D eigenvalue weighted by Crippen LogP contribution is 2.39. The van der Waals surface area contributed by atoms with E-state index in [1.54, 1.807) is 19.1 Å². The van der Waals surface area contributed by atoms with Gasteiger partial charge in [-0.15, -0.1) is 0 Å². The lowest BCUT2D eigenvalue weighted by atomic mass is 9.96. The molecule has 1 fully saturated rings. The molecule has 5 rings (SSSR count). The molecule has 3 aliphatic rings. The Morgan fingerprint density at radius 1 is 1.25 bits per heavy atom. The number of fused-ring (bicyclic) bond motifs is 1. The molecule has 1 aromatic carbocycles. The summed E-state index contributed by atoms with van der Waals surface area (Å²) >= 11 is 6.56. The van der Waals surface area contributed by atoms with Crippen molar-refractivity contribution in [3.05, 3.63) is 70.6 Å². The summed E-state index contributed by atoms with van der Waals surface area (Å²) in [4.78, 5) is 24.5. The van der Waals surface area contributed by atoms with Crippen molar-refractivity contribution < 1.29 is 14.3 Å². The minimum Gasteiger partial charge on any atom is -0.497 e. The number of carbonyl (C=O) groups is 1. The molecule has 2 amide bonds. The van der Waals surface area contributed by atoms with E-state index in [0.717, 1.165) is 47.2 Å². The van der Waals surface area contributed by atoms with Crippen molar-refractivity contribution in [2.75, 3.05) is 56.0 Å². The standard InChI is InChI=1S/C27H32ClN5O3/c1-17-6-5-7-22(28)26(17)32-14-19-13-30-25(11-23(19)33(27(32)34)20-15-31(2)16-20)29-12-18-8-9-21(35-3)10-24(18)36-4/h5-11,13,18,20,24H,12,14-16H2,1-4H3,(H,29,30). The summed E-state index contributed by atoms with van der Waals surface area (Å²) in [5, 5.41) is 4.02. The Hall–Kier alpha value is -3.07. The Labute approximate surface area is 217 Å². The van der Waals surface area contributed by atoms with Gasteiger partial charge in [-0.25, -0.2) is 9.78 Å². The molecule has 1 aliphatic carbocycles. The van der Waals surface area contributed by atoms with Gasteiger partial charge in [-0.3, -0.25) is 9.80 Å². The smallest absolute Gasteiger partial charge is 0.329 e. The first-order chi connectivity index (χ1) is 17.4. The third kappa shape index (κ3) is 4.56. The highest BCUT2D eigenvalue weighted by molar-refractivity contribution is 6.34. The van der Waals surface area contributed by atoms with Gasteiger partial charge in [-0.2, -0.15) is 0 Å². The number of halogens is 1. The molecule has 3 heterocycles. The lowest BCUT2D eigenvalue weighted by molar-refractivity contribution is 0.104. The minimum absolute atomic E-state index is 0.0548. The summed E-state index contributed by atoms with van der Waals surface area (Å²) < 4.78 is 11.0. The number of likely N-dealkylation sites (N-methyl/N-ethyl adjacent to an activating group) is 1. The molecule has 0 bridgehead atoms. The number of likely N-dealkylation sites (tertiary alicyclic amines) is 1. The van der Waals surface area contributed by atoms with E-state index < -0.39 is 0 Å². The number of amides is 2. The lowest BCUT2D eigenvalue weighted by Gasteiger charge is -2.48. The van der Waals surface area contributed by atoms with Crippen molar-refractivity contribution in [1.29, 1.82) is 0 Å². The van der Waals surface area contributed by atoms with Crippen LogP contribution in [0.15, 0.2) is 54.4 Å². The predicted octanol–water partition coefficient (Wildman–Crippen LogP) is 4.45. The van der Waals surface area contributed by atoms with Gasteiger partial charge in [0.15, 0.2) is 0 Å². The van der Waals surface area contributed by atoms with Gasteiger partial charge in [0.25, 0.3) is 0 Å². The second-order valence-corrected chi connectivity index (χ2v) is 10.0. The number of methoxy groups -OCH3 is 2. The van der Waals surface area contributed by atoms with E-state index in [1.165, 1.54) is 0 Å². The number of aromatic nitrogens is 1. The highest BCUT2D eigenvalue weighted by Gasteiger charge is 2.41. The average molecular weight is 510 g/mol. The fourth-order valence-corrected chi connectivity index (χ4v) is 5.49. The molecular formula is C27H32ClN5O3. The van der Waals surface area contributed by atoms with Crippen molar-refractivity contribution in [2.45, 2.75) is 25.6 Å². The van der Waals surface area contributed by atoms with Crippen molar-refractivity contribution in [3.8, 4) is 0 Å². The molecule has 0 spiro atoms. The summed E-state index contributed by atoms with van der Waals surface area (Å²) in [5.41, 5.74) is 3.62. The van der Waals surface area contributed by atoms with E-state index in [9.17, 15) is 4.79 Å². The Balaban J connectivity index is 1.41. The van der Waals surface area contributed by atoms with E-state index in [2.05, 4.69) is 28.3 Å². The van der Waals surface area contributed by atoms with Gasteiger partial charge < -0.3 is 19.7 Å². The van der Waals surface area contributed by atoms with E-state index in [1.807, 2.05) is 54.4 Å². The first kappa shape index (κ1) is 24.6. The molecule has 1 N–H and O–H groups in total. The van der Waals surface area contributed by atoms with Gasteiger partial charge >= 0.3 is 6.03 Å². The first-order valence-electron chi connectivity index (χ1n) is 12.1. The van der Waals surface area contributed by atoms with Gasteiger partial charge in [0, 0.05) is 50.5 Å². The van der Waals surface area contributed by atoms with Crippen LogP contribution < -0.4 is 15.1 Å². The number of para-hydroxylation sites is 1. The van der Waals surface area contributed by atoms with Crippen LogP contribution in [0.5, 0.6) is 0 Å². The minimum atomic E-state index is -0.0916. The highest BCUT2D eigenvalue weighted by atomic mass is 35.5. The number of ether oxygens (including phenoxy) is 2. The van der Waals surface area contributed by atoms with Crippen molar-refractivity contribution in [1.82, 2.24) is 9.88 Å². The molecule has 36 heavy (non-hydrogen) atoms. The zero-order chi connectivity index (χ0) is 25.4. The molecule has 2 atom stereocenters. The van der Waals surface area contributed by atoms with E-state index in [0.29, 0.717) is 18.1 Å². The molecule has 0 saturated carbocycles. The predicted molar refractivity (Wildman–Crippen MR) is 143 cm³/mol. The quantitative estimate of drug-likeness (QED) is 0.595. The molecule has 190 valence electrons. The van der Waals surface area contributed by atoms with E-state index in [-0.39, 0.29) is 24.1 Å². The van der Waals surface area contributed by atoms with E-state index in [4.69, 9.17) is 21.1 Å². The second-order valence-electron chi connectivity index (χ2n) is 9.59. The monoisotopic (exact) mass is 509 g/mol. The number of pyridine rings is 1. The van der Waals surface area contributed by atoms with Crippen molar-refractivity contribution in [2.24, 2.45) is 5.92 Å². The maximum absolute atomic E-state index is 13.9.